The van der Waals surface area contributed by atoms with E-state index in [-0.39, 0.29) is 16.2 Å². The molecule has 0 aliphatic carbocycles. The van der Waals surface area contributed by atoms with Crippen molar-refractivity contribution in [2.24, 2.45) is 0 Å². The zero-order valence-corrected chi connectivity index (χ0v) is 19.7. The summed E-state index contributed by atoms with van der Waals surface area (Å²) in [6.45, 7) is 7.27. The molecule has 0 unspecified atom stereocenters. The first-order valence-electron chi connectivity index (χ1n) is 10.4. The summed E-state index contributed by atoms with van der Waals surface area (Å²) in [6, 6.07) is 13.1. The lowest BCUT2D eigenvalue weighted by Crippen LogP contribution is -2.46. The van der Waals surface area contributed by atoms with Crippen LogP contribution in [-0.4, -0.2) is 44.4 Å². The first kappa shape index (κ1) is 23.6. The molecule has 3 rings (SSSR count). The first-order valence-corrected chi connectivity index (χ1v) is 12.2. The quantitative estimate of drug-likeness (QED) is 0.629. The van der Waals surface area contributed by atoms with Gasteiger partial charge in [0.05, 0.1) is 11.4 Å². The van der Waals surface area contributed by atoms with Crippen molar-refractivity contribution < 1.29 is 17.9 Å². The zero-order valence-electron chi connectivity index (χ0n) is 18.1. The Hall–Kier alpha value is -2.09. The van der Waals surface area contributed by atoms with Gasteiger partial charge in [-0.1, -0.05) is 50.6 Å². The van der Waals surface area contributed by atoms with E-state index in [2.05, 4.69) is 26.1 Å². The van der Waals surface area contributed by atoms with Crippen LogP contribution in [0, 0.1) is 0 Å². The summed E-state index contributed by atoms with van der Waals surface area (Å²) in [5.74, 6) is 0.486. The van der Waals surface area contributed by atoms with Gasteiger partial charge < -0.3 is 10.1 Å². The smallest absolute Gasteiger partial charge is 0.243 e. The molecular formula is C23H29ClN2O4S. The van der Waals surface area contributed by atoms with Crippen LogP contribution in [0.15, 0.2) is 53.4 Å². The van der Waals surface area contributed by atoms with Crippen LogP contribution in [0.25, 0.3) is 0 Å². The lowest BCUT2D eigenvalue weighted by molar-refractivity contribution is -0.124. The number of carbonyl (C=O) groups excluding carboxylic acids is 1. The van der Waals surface area contributed by atoms with Gasteiger partial charge in [-0.15, -0.1) is 0 Å². The number of benzene rings is 2. The minimum Gasteiger partial charge on any atom is -0.491 e. The summed E-state index contributed by atoms with van der Waals surface area (Å²) >= 11 is 5.87. The van der Waals surface area contributed by atoms with Gasteiger partial charge in [0.25, 0.3) is 0 Å². The Labute approximate surface area is 189 Å². The van der Waals surface area contributed by atoms with Gasteiger partial charge in [0.1, 0.15) is 18.4 Å². The number of hydrogen-bond acceptors (Lipinski definition) is 4. The summed E-state index contributed by atoms with van der Waals surface area (Å²) in [7, 11) is -3.76. The average Bonchev–Trinajstić information content (AvgIpc) is 3.22. The third-order valence-electron chi connectivity index (χ3n) is 5.28. The van der Waals surface area contributed by atoms with E-state index in [0.29, 0.717) is 37.6 Å². The van der Waals surface area contributed by atoms with E-state index in [0.717, 1.165) is 11.3 Å². The van der Waals surface area contributed by atoms with Crippen LogP contribution in [0.2, 0.25) is 5.02 Å². The maximum absolute atomic E-state index is 13.0. The summed E-state index contributed by atoms with van der Waals surface area (Å²) in [5, 5.41) is 3.29. The molecule has 1 saturated heterocycles. The molecular weight excluding hydrogens is 436 g/mol. The van der Waals surface area contributed by atoms with Crippen molar-refractivity contribution in [2.45, 2.75) is 50.0 Å². The molecule has 6 nitrogen and oxygen atoms in total. The van der Waals surface area contributed by atoms with Crippen LogP contribution < -0.4 is 10.1 Å². The fourth-order valence-electron chi connectivity index (χ4n) is 3.70. The minimum absolute atomic E-state index is 0.0553. The highest BCUT2D eigenvalue weighted by atomic mass is 35.5. The molecule has 0 radical (unpaired) electrons. The lowest BCUT2D eigenvalue weighted by Gasteiger charge is -2.24. The van der Waals surface area contributed by atoms with Gasteiger partial charge in [-0.05, 0) is 54.2 Å². The van der Waals surface area contributed by atoms with E-state index in [4.69, 9.17) is 16.3 Å². The summed E-state index contributed by atoms with van der Waals surface area (Å²) in [6.07, 6.45) is 1.13. The van der Waals surface area contributed by atoms with Crippen LogP contribution in [0.5, 0.6) is 5.75 Å². The number of halogens is 1. The minimum atomic E-state index is -3.76. The number of carbonyl (C=O) groups is 1. The molecule has 31 heavy (non-hydrogen) atoms. The molecule has 1 heterocycles. The largest absolute Gasteiger partial charge is 0.491 e. The van der Waals surface area contributed by atoms with Crippen molar-refractivity contribution in [1.82, 2.24) is 9.62 Å². The number of rotatable bonds is 7. The maximum Gasteiger partial charge on any atom is 0.243 e. The maximum atomic E-state index is 13.0. The van der Waals surface area contributed by atoms with E-state index in [9.17, 15) is 13.2 Å². The topological polar surface area (TPSA) is 75.7 Å². The van der Waals surface area contributed by atoms with Gasteiger partial charge in [-0.2, -0.15) is 4.31 Å². The van der Waals surface area contributed by atoms with Gasteiger partial charge in [-0.25, -0.2) is 8.42 Å². The van der Waals surface area contributed by atoms with Crippen LogP contribution in [0.4, 0.5) is 0 Å². The standard InChI is InChI=1S/C23H29ClN2O4S/c1-23(2,3)19-7-4-5-9-21(19)30-16-14-25-22(27)20-8-6-15-26(20)31(28,29)18-12-10-17(24)11-13-18/h4-5,7,9-13,20H,6,8,14-16H2,1-3H3,(H,25,27)/t20-/m1/s1. The number of nitrogens with one attached hydrogen (secondary N) is 1. The SMILES string of the molecule is CC(C)(C)c1ccccc1OCCNC(=O)[C@H]1CCCN1S(=O)(=O)c1ccc(Cl)cc1. The van der Waals surface area contributed by atoms with Crippen LogP contribution >= 0.6 is 11.6 Å². The molecule has 0 bridgehead atoms. The number of nitrogens with zero attached hydrogens (tertiary/aromatic N) is 1. The second kappa shape index (κ2) is 9.59. The molecule has 1 atom stereocenters. The second-order valence-corrected chi connectivity index (χ2v) is 10.9. The number of para-hydroxylation sites is 1. The molecule has 1 aliphatic heterocycles. The zero-order chi connectivity index (χ0) is 22.6. The number of ether oxygens (including phenoxy) is 1. The highest BCUT2D eigenvalue weighted by Crippen LogP contribution is 2.31. The second-order valence-electron chi connectivity index (χ2n) is 8.61. The Morgan fingerprint density at radius 1 is 1.16 bits per heavy atom. The Morgan fingerprint density at radius 3 is 2.52 bits per heavy atom. The van der Waals surface area contributed by atoms with E-state index < -0.39 is 16.1 Å². The Kier molecular flexibility index (Phi) is 7.29. The lowest BCUT2D eigenvalue weighted by atomic mass is 9.86. The first-order chi connectivity index (χ1) is 14.6. The van der Waals surface area contributed by atoms with E-state index >= 15 is 0 Å². The molecule has 2 aromatic rings. The summed E-state index contributed by atoms with van der Waals surface area (Å²) in [5.41, 5.74) is 1.04. The van der Waals surface area contributed by atoms with Gasteiger partial charge >= 0.3 is 0 Å². The molecule has 1 aliphatic rings. The average molecular weight is 465 g/mol. The van der Waals surface area contributed by atoms with Gasteiger partial charge in [0.2, 0.25) is 15.9 Å². The van der Waals surface area contributed by atoms with Crippen LogP contribution in [0.3, 0.4) is 0 Å². The third kappa shape index (κ3) is 5.59. The number of amides is 1. The molecule has 8 heteroatoms. The van der Waals surface area contributed by atoms with E-state index in [1.165, 1.54) is 28.6 Å². The Balaban J connectivity index is 1.59. The monoisotopic (exact) mass is 464 g/mol. The van der Waals surface area contributed by atoms with E-state index in [1.54, 1.807) is 0 Å². The van der Waals surface area contributed by atoms with Crippen molar-refractivity contribution in [3.05, 3.63) is 59.1 Å². The fraction of sp³-hybridized carbons (Fsp3) is 0.435. The van der Waals surface area contributed by atoms with Crippen LogP contribution in [-0.2, 0) is 20.2 Å². The van der Waals surface area contributed by atoms with Crippen molar-refractivity contribution >= 4 is 27.5 Å². The molecule has 2 aromatic carbocycles. The van der Waals surface area contributed by atoms with Gasteiger partial charge in [0, 0.05) is 11.6 Å². The summed E-state index contributed by atoms with van der Waals surface area (Å²) in [4.78, 5) is 12.9. The predicted octanol–water partition coefficient (Wildman–Crippen LogP) is 3.99. The molecule has 1 fully saturated rings. The molecule has 0 saturated carbocycles. The van der Waals surface area contributed by atoms with Gasteiger partial charge in [-0.3, -0.25) is 4.79 Å². The molecule has 1 amide bonds. The highest BCUT2D eigenvalue weighted by molar-refractivity contribution is 7.89. The Morgan fingerprint density at radius 2 is 1.84 bits per heavy atom. The fourth-order valence-corrected chi connectivity index (χ4v) is 5.48. The normalized spacial score (nSPS) is 17.5. The summed E-state index contributed by atoms with van der Waals surface area (Å²) < 4.78 is 33.1. The highest BCUT2D eigenvalue weighted by Gasteiger charge is 2.39. The third-order valence-corrected chi connectivity index (χ3v) is 7.45. The van der Waals surface area contributed by atoms with E-state index in [1.807, 2.05) is 24.3 Å². The molecule has 168 valence electrons. The molecule has 1 N–H and O–H groups in total. The van der Waals surface area contributed by atoms with Crippen molar-refractivity contribution in [3.8, 4) is 5.75 Å². The van der Waals surface area contributed by atoms with Crippen LogP contribution in [0.1, 0.15) is 39.2 Å². The van der Waals surface area contributed by atoms with Crippen molar-refractivity contribution in [3.63, 3.8) is 0 Å². The number of hydrogen-bond donors (Lipinski definition) is 1. The van der Waals surface area contributed by atoms with Crippen molar-refractivity contribution in [2.75, 3.05) is 19.7 Å². The Bertz CT molecular complexity index is 1020. The van der Waals surface area contributed by atoms with Gasteiger partial charge in [0.15, 0.2) is 0 Å². The molecule has 0 aromatic heterocycles. The molecule has 0 spiro atoms. The number of sulfonamides is 1. The van der Waals surface area contributed by atoms with Crippen molar-refractivity contribution in [1.29, 1.82) is 0 Å². The predicted molar refractivity (Wildman–Crippen MR) is 122 cm³/mol.